The molecule has 0 aliphatic carbocycles. The molecule has 6 nitrogen and oxygen atoms in total. The molecule has 0 atom stereocenters. The van der Waals surface area contributed by atoms with Gasteiger partial charge in [0.05, 0.1) is 12.9 Å². The number of methoxy groups -OCH3 is 1. The van der Waals surface area contributed by atoms with Crippen molar-refractivity contribution in [3.05, 3.63) is 48.4 Å². The summed E-state index contributed by atoms with van der Waals surface area (Å²) in [7, 11) is 1.61. The van der Waals surface area contributed by atoms with Crippen molar-refractivity contribution in [3.63, 3.8) is 0 Å². The van der Waals surface area contributed by atoms with Gasteiger partial charge in [0.25, 0.3) is 5.91 Å². The summed E-state index contributed by atoms with van der Waals surface area (Å²) < 4.78 is 15.4. The summed E-state index contributed by atoms with van der Waals surface area (Å²) in [6.45, 7) is 0.967. The van der Waals surface area contributed by atoms with Crippen LogP contribution in [0.1, 0.15) is 10.6 Å². The Bertz CT molecular complexity index is 628. The highest BCUT2D eigenvalue weighted by molar-refractivity contribution is 7.80. The number of furan rings is 1. The summed E-state index contributed by atoms with van der Waals surface area (Å²) in [5, 5.41) is 5.62. The Balaban J connectivity index is 1.88. The minimum atomic E-state index is -0.407. The highest BCUT2D eigenvalue weighted by Crippen LogP contribution is 2.17. The number of amides is 1. The van der Waals surface area contributed by atoms with Gasteiger partial charge in [0.15, 0.2) is 10.9 Å². The van der Waals surface area contributed by atoms with Gasteiger partial charge >= 0.3 is 0 Å². The molecule has 116 valence electrons. The fraction of sp³-hybridized carbons (Fsp3) is 0.200. The van der Waals surface area contributed by atoms with Crippen LogP contribution in [0, 0.1) is 0 Å². The number of carbonyl (C=O) groups excluding carboxylic acids is 1. The van der Waals surface area contributed by atoms with E-state index >= 15 is 0 Å². The monoisotopic (exact) mass is 320 g/mol. The molecule has 0 radical (unpaired) electrons. The molecule has 22 heavy (non-hydrogen) atoms. The van der Waals surface area contributed by atoms with E-state index in [2.05, 4.69) is 10.6 Å². The van der Waals surface area contributed by atoms with Gasteiger partial charge in [0, 0.05) is 18.9 Å². The van der Waals surface area contributed by atoms with Crippen LogP contribution in [0.5, 0.6) is 5.75 Å². The summed E-state index contributed by atoms with van der Waals surface area (Å²) in [6.07, 6.45) is 1.42. The molecular formula is C15H16N2O4S. The zero-order valence-electron chi connectivity index (χ0n) is 12.0. The van der Waals surface area contributed by atoms with Crippen LogP contribution in [0.15, 0.2) is 47.1 Å². The highest BCUT2D eigenvalue weighted by atomic mass is 32.1. The van der Waals surface area contributed by atoms with Crippen molar-refractivity contribution >= 4 is 28.9 Å². The maximum atomic E-state index is 11.8. The minimum absolute atomic E-state index is 0.176. The lowest BCUT2D eigenvalue weighted by Crippen LogP contribution is -2.33. The van der Waals surface area contributed by atoms with E-state index in [0.717, 1.165) is 0 Å². The molecule has 0 spiro atoms. The van der Waals surface area contributed by atoms with Gasteiger partial charge in [-0.2, -0.15) is 0 Å². The van der Waals surface area contributed by atoms with Crippen molar-refractivity contribution in [1.82, 2.24) is 5.32 Å². The van der Waals surface area contributed by atoms with Crippen LogP contribution in [-0.4, -0.2) is 31.3 Å². The number of hydrogen-bond donors (Lipinski definition) is 2. The first-order chi connectivity index (χ1) is 10.7. The third-order valence-electron chi connectivity index (χ3n) is 2.62. The lowest BCUT2D eigenvalue weighted by molar-refractivity contribution is 0.0950. The second-order valence-electron chi connectivity index (χ2n) is 4.25. The number of nitrogens with one attached hydrogen (secondary N) is 2. The van der Waals surface area contributed by atoms with E-state index in [1.54, 1.807) is 25.3 Å². The molecule has 7 heteroatoms. The molecule has 1 heterocycles. The average Bonchev–Trinajstić information content (AvgIpc) is 3.02. The maximum absolute atomic E-state index is 11.8. The Morgan fingerprint density at radius 2 is 2.14 bits per heavy atom. The van der Waals surface area contributed by atoms with Crippen LogP contribution in [0.2, 0.25) is 0 Å². The molecule has 2 rings (SSSR count). The van der Waals surface area contributed by atoms with E-state index in [-0.39, 0.29) is 10.9 Å². The normalized spacial score (nSPS) is 10.0. The number of thiocarbonyl (C=S) groups is 1. The predicted molar refractivity (Wildman–Crippen MR) is 86.2 cm³/mol. The molecule has 1 aromatic carbocycles. The van der Waals surface area contributed by atoms with Crippen LogP contribution in [-0.2, 0) is 4.74 Å². The molecule has 0 aliphatic heterocycles. The van der Waals surface area contributed by atoms with Gasteiger partial charge in [-0.1, -0.05) is 6.07 Å². The van der Waals surface area contributed by atoms with Gasteiger partial charge in [0.2, 0.25) is 0 Å². The standard InChI is InChI=1S/C15H16N2O4S/c1-19-8-9-20-12-5-2-4-11(10-12)16-15(22)17-14(18)13-6-3-7-21-13/h2-7,10H,8-9H2,1H3,(H2,16,17,18,22). The fourth-order valence-corrected chi connectivity index (χ4v) is 1.85. The van der Waals surface area contributed by atoms with Gasteiger partial charge in [-0.05, 0) is 36.5 Å². The zero-order valence-corrected chi connectivity index (χ0v) is 12.8. The number of carbonyl (C=O) groups is 1. The van der Waals surface area contributed by atoms with Crippen molar-refractivity contribution < 1.29 is 18.7 Å². The number of ether oxygens (including phenoxy) is 2. The molecular weight excluding hydrogens is 304 g/mol. The molecule has 1 amide bonds. The first-order valence-corrected chi connectivity index (χ1v) is 6.97. The van der Waals surface area contributed by atoms with Crippen molar-refractivity contribution in [2.75, 3.05) is 25.6 Å². The lowest BCUT2D eigenvalue weighted by atomic mass is 10.3. The van der Waals surface area contributed by atoms with Gasteiger partial charge in [-0.25, -0.2) is 0 Å². The molecule has 0 saturated heterocycles. The van der Waals surface area contributed by atoms with Gasteiger partial charge in [0.1, 0.15) is 12.4 Å². The van der Waals surface area contributed by atoms with Crippen LogP contribution in [0.25, 0.3) is 0 Å². The largest absolute Gasteiger partial charge is 0.491 e. The second-order valence-corrected chi connectivity index (χ2v) is 4.66. The SMILES string of the molecule is COCCOc1cccc(NC(=S)NC(=O)c2ccco2)c1. The first-order valence-electron chi connectivity index (χ1n) is 6.56. The molecule has 0 aliphatic rings. The topological polar surface area (TPSA) is 72.7 Å². The molecule has 2 aromatic rings. The van der Waals surface area contributed by atoms with E-state index < -0.39 is 5.91 Å². The molecule has 0 unspecified atom stereocenters. The second kappa shape index (κ2) is 8.16. The Labute approximate surface area is 133 Å². The van der Waals surface area contributed by atoms with Crippen molar-refractivity contribution in [2.45, 2.75) is 0 Å². The third kappa shape index (κ3) is 4.87. The van der Waals surface area contributed by atoms with Crippen molar-refractivity contribution in [3.8, 4) is 5.75 Å². The summed E-state index contributed by atoms with van der Waals surface area (Å²) in [5.41, 5.74) is 0.708. The van der Waals surface area contributed by atoms with Gasteiger partial charge in [-0.15, -0.1) is 0 Å². The smallest absolute Gasteiger partial charge is 0.293 e. The molecule has 0 saturated carbocycles. The number of hydrogen-bond acceptors (Lipinski definition) is 5. The minimum Gasteiger partial charge on any atom is -0.491 e. The summed E-state index contributed by atoms with van der Waals surface area (Å²) in [6, 6.07) is 10.4. The summed E-state index contributed by atoms with van der Waals surface area (Å²) >= 11 is 5.09. The molecule has 0 fully saturated rings. The van der Waals surface area contributed by atoms with E-state index in [1.807, 2.05) is 18.2 Å². The van der Waals surface area contributed by atoms with Crippen molar-refractivity contribution in [2.24, 2.45) is 0 Å². The predicted octanol–water partition coefficient (Wildman–Crippen LogP) is 2.43. The maximum Gasteiger partial charge on any atom is 0.293 e. The Hall–Kier alpha value is -2.38. The fourth-order valence-electron chi connectivity index (χ4n) is 1.64. The Morgan fingerprint density at radius 3 is 2.86 bits per heavy atom. The van der Waals surface area contributed by atoms with Crippen molar-refractivity contribution in [1.29, 1.82) is 0 Å². The van der Waals surface area contributed by atoms with Crippen LogP contribution >= 0.6 is 12.2 Å². The summed E-state index contributed by atoms with van der Waals surface area (Å²) in [5.74, 6) is 0.470. The van der Waals surface area contributed by atoms with E-state index in [9.17, 15) is 4.79 Å². The van der Waals surface area contributed by atoms with E-state index in [1.165, 1.54) is 6.26 Å². The van der Waals surface area contributed by atoms with Crippen LogP contribution < -0.4 is 15.4 Å². The van der Waals surface area contributed by atoms with Gasteiger partial charge in [-0.3, -0.25) is 10.1 Å². The first kappa shape index (κ1) is 16.0. The molecule has 1 aromatic heterocycles. The number of anilines is 1. The Kier molecular flexibility index (Phi) is 5.93. The van der Waals surface area contributed by atoms with Crippen LogP contribution in [0.4, 0.5) is 5.69 Å². The van der Waals surface area contributed by atoms with Gasteiger partial charge < -0.3 is 19.2 Å². The van der Waals surface area contributed by atoms with E-state index in [4.69, 9.17) is 26.1 Å². The molecule has 0 bridgehead atoms. The molecule has 2 N–H and O–H groups in total. The number of benzene rings is 1. The average molecular weight is 320 g/mol. The zero-order chi connectivity index (χ0) is 15.8. The highest BCUT2D eigenvalue weighted by Gasteiger charge is 2.10. The third-order valence-corrected chi connectivity index (χ3v) is 2.82. The summed E-state index contributed by atoms with van der Waals surface area (Å²) in [4.78, 5) is 11.8. The van der Waals surface area contributed by atoms with E-state index in [0.29, 0.717) is 24.7 Å². The Morgan fingerprint density at radius 1 is 1.27 bits per heavy atom. The lowest BCUT2D eigenvalue weighted by Gasteiger charge is -2.10. The number of rotatable bonds is 6. The van der Waals surface area contributed by atoms with Crippen LogP contribution in [0.3, 0.4) is 0 Å². The quantitative estimate of drug-likeness (QED) is 0.629.